The van der Waals surface area contributed by atoms with Crippen molar-refractivity contribution < 1.29 is 9.53 Å². The molecule has 3 aromatic rings. The number of carbonyl (C=O) groups excluding carboxylic acids is 1. The van der Waals surface area contributed by atoms with Crippen molar-refractivity contribution >= 4 is 11.5 Å². The first-order chi connectivity index (χ1) is 14.6. The van der Waals surface area contributed by atoms with E-state index in [1.165, 1.54) is 6.42 Å². The minimum absolute atomic E-state index is 0.0298. The second-order valence-corrected chi connectivity index (χ2v) is 7.88. The van der Waals surface area contributed by atoms with E-state index in [1.54, 1.807) is 0 Å². The van der Waals surface area contributed by atoms with Gasteiger partial charge in [0, 0.05) is 35.8 Å². The lowest BCUT2D eigenvalue weighted by molar-refractivity contribution is 0.1000. The summed E-state index contributed by atoms with van der Waals surface area (Å²) in [5.74, 6) is 0.936. The molecule has 2 aromatic carbocycles. The van der Waals surface area contributed by atoms with E-state index < -0.39 is 0 Å². The summed E-state index contributed by atoms with van der Waals surface area (Å²) in [4.78, 5) is 16.6. The van der Waals surface area contributed by atoms with Gasteiger partial charge in [-0.05, 0) is 55.2 Å². The number of hydrogen-bond acceptors (Lipinski definition) is 5. The highest BCUT2D eigenvalue weighted by molar-refractivity contribution is 6.16. The Morgan fingerprint density at radius 2 is 1.83 bits per heavy atom. The standard InChI is InChI=1S/C24H24N4O2/c1-28-24(15-5-8-18(9-6-15)30-17-3-2-4-17)21(13-27-28)16-7-10-19-20(11-16)22(12-25)26-14-23(19)29/h5-11,13,17H,2-4,12,14,25H2,1H3. The van der Waals surface area contributed by atoms with Crippen molar-refractivity contribution in [2.75, 3.05) is 13.1 Å². The number of aromatic nitrogens is 2. The summed E-state index contributed by atoms with van der Waals surface area (Å²) in [6.45, 7) is 0.485. The monoisotopic (exact) mass is 400 g/mol. The van der Waals surface area contributed by atoms with Crippen LogP contribution in [0.15, 0.2) is 53.7 Å². The molecule has 1 fully saturated rings. The van der Waals surface area contributed by atoms with Crippen LogP contribution in [0.1, 0.15) is 35.2 Å². The van der Waals surface area contributed by atoms with Crippen molar-refractivity contribution in [3.8, 4) is 28.1 Å². The van der Waals surface area contributed by atoms with Gasteiger partial charge in [0.05, 0.1) is 23.7 Å². The van der Waals surface area contributed by atoms with Crippen LogP contribution in [0.25, 0.3) is 22.4 Å². The Labute approximate surface area is 175 Å². The number of rotatable bonds is 5. The second kappa shape index (κ2) is 7.54. The summed E-state index contributed by atoms with van der Waals surface area (Å²) >= 11 is 0. The Kier molecular flexibility index (Phi) is 4.71. The highest BCUT2D eigenvalue weighted by Crippen LogP contribution is 2.35. The van der Waals surface area contributed by atoms with E-state index in [9.17, 15) is 4.79 Å². The highest BCUT2D eigenvalue weighted by atomic mass is 16.5. The van der Waals surface area contributed by atoms with Crippen LogP contribution in [0.5, 0.6) is 5.75 Å². The molecule has 30 heavy (non-hydrogen) atoms. The number of nitrogens with two attached hydrogens (primary N) is 1. The van der Waals surface area contributed by atoms with Crippen molar-refractivity contribution in [2.45, 2.75) is 25.4 Å². The maximum atomic E-state index is 12.2. The molecule has 0 bridgehead atoms. The molecule has 5 rings (SSSR count). The number of nitrogens with zero attached hydrogens (tertiary/aromatic N) is 3. The van der Waals surface area contributed by atoms with Gasteiger partial charge in [-0.1, -0.05) is 12.1 Å². The largest absolute Gasteiger partial charge is 0.490 e. The summed E-state index contributed by atoms with van der Waals surface area (Å²) in [5.41, 5.74) is 12.2. The normalized spacial score (nSPS) is 16.1. The molecular formula is C24H24N4O2. The molecule has 0 atom stereocenters. The Bertz CT molecular complexity index is 1140. The van der Waals surface area contributed by atoms with Gasteiger partial charge in [-0.15, -0.1) is 0 Å². The fraction of sp³-hybridized carbons (Fsp3) is 0.292. The Hall–Kier alpha value is -3.25. The van der Waals surface area contributed by atoms with Crippen molar-refractivity contribution in [3.63, 3.8) is 0 Å². The summed E-state index contributed by atoms with van der Waals surface area (Å²) in [7, 11) is 1.94. The lowest BCUT2D eigenvalue weighted by atomic mass is 9.92. The average molecular weight is 400 g/mol. The van der Waals surface area contributed by atoms with Crippen molar-refractivity contribution in [2.24, 2.45) is 17.8 Å². The van der Waals surface area contributed by atoms with Crippen LogP contribution >= 0.6 is 0 Å². The van der Waals surface area contributed by atoms with Gasteiger partial charge in [0.2, 0.25) is 0 Å². The molecule has 1 aliphatic carbocycles. The Morgan fingerprint density at radius 1 is 1.07 bits per heavy atom. The molecule has 0 amide bonds. The first-order valence-corrected chi connectivity index (χ1v) is 10.3. The molecule has 6 nitrogen and oxygen atoms in total. The van der Waals surface area contributed by atoms with E-state index in [0.717, 1.165) is 52.3 Å². The summed E-state index contributed by atoms with van der Waals surface area (Å²) in [6, 6.07) is 14.1. The van der Waals surface area contributed by atoms with Crippen molar-refractivity contribution in [1.29, 1.82) is 0 Å². The smallest absolute Gasteiger partial charge is 0.184 e. The van der Waals surface area contributed by atoms with Crippen LogP contribution in [-0.2, 0) is 7.05 Å². The van der Waals surface area contributed by atoms with Gasteiger partial charge in [-0.25, -0.2) is 0 Å². The molecule has 2 N–H and O–H groups in total. The van der Waals surface area contributed by atoms with Gasteiger partial charge in [0.25, 0.3) is 0 Å². The minimum Gasteiger partial charge on any atom is -0.490 e. The van der Waals surface area contributed by atoms with Crippen LogP contribution in [0.3, 0.4) is 0 Å². The van der Waals surface area contributed by atoms with E-state index in [-0.39, 0.29) is 12.3 Å². The number of ether oxygens (including phenoxy) is 1. The third kappa shape index (κ3) is 3.23. The molecule has 1 saturated carbocycles. The van der Waals surface area contributed by atoms with Gasteiger partial charge in [-0.2, -0.15) is 5.10 Å². The summed E-state index contributed by atoms with van der Waals surface area (Å²) in [6.07, 6.45) is 5.76. The van der Waals surface area contributed by atoms with E-state index in [1.807, 2.05) is 48.3 Å². The van der Waals surface area contributed by atoms with E-state index in [4.69, 9.17) is 10.5 Å². The van der Waals surface area contributed by atoms with Crippen molar-refractivity contribution in [3.05, 3.63) is 59.8 Å². The first kappa shape index (κ1) is 18.8. The average Bonchev–Trinajstić information content (AvgIpc) is 3.13. The molecule has 0 spiro atoms. The van der Waals surface area contributed by atoms with Crippen LogP contribution < -0.4 is 10.5 Å². The number of carbonyl (C=O) groups is 1. The predicted molar refractivity (Wildman–Crippen MR) is 117 cm³/mol. The second-order valence-electron chi connectivity index (χ2n) is 7.88. The number of benzene rings is 2. The third-order valence-corrected chi connectivity index (χ3v) is 5.97. The fourth-order valence-electron chi connectivity index (χ4n) is 4.07. The molecule has 2 heterocycles. The van der Waals surface area contributed by atoms with Gasteiger partial charge >= 0.3 is 0 Å². The zero-order valence-corrected chi connectivity index (χ0v) is 17.0. The Morgan fingerprint density at radius 3 is 2.53 bits per heavy atom. The number of aliphatic imine (C=N–C) groups is 1. The number of hydrogen-bond donors (Lipinski definition) is 1. The minimum atomic E-state index is 0.0298. The summed E-state index contributed by atoms with van der Waals surface area (Å²) in [5, 5.41) is 4.49. The maximum Gasteiger partial charge on any atom is 0.184 e. The number of aryl methyl sites for hydroxylation is 1. The molecule has 2 aliphatic rings. The molecule has 152 valence electrons. The van der Waals surface area contributed by atoms with Gasteiger partial charge < -0.3 is 10.5 Å². The zero-order valence-electron chi connectivity index (χ0n) is 17.0. The van der Waals surface area contributed by atoms with Crippen LogP contribution in [-0.4, -0.2) is 40.5 Å². The number of Topliss-reactive ketones (excluding diaryl/α,β-unsaturated/α-hetero) is 1. The lowest BCUT2D eigenvalue weighted by Crippen LogP contribution is -2.24. The summed E-state index contributed by atoms with van der Waals surface area (Å²) < 4.78 is 7.86. The van der Waals surface area contributed by atoms with Gasteiger partial charge in [0.15, 0.2) is 5.78 Å². The Balaban J connectivity index is 1.52. The molecular weight excluding hydrogens is 376 g/mol. The predicted octanol–water partition coefficient (Wildman–Crippen LogP) is 3.63. The van der Waals surface area contributed by atoms with E-state index >= 15 is 0 Å². The maximum absolute atomic E-state index is 12.2. The fourth-order valence-corrected chi connectivity index (χ4v) is 4.07. The molecule has 1 aliphatic heterocycles. The van der Waals surface area contributed by atoms with Crippen LogP contribution in [0.2, 0.25) is 0 Å². The number of fused-ring (bicyclic) bond motifs is 1. The molecule has 1 aromatic heterocycles. The van der Waals surface area contributed by atoms with Gasteiger partial charge in [0.1, 0.15) is 12.3 Å². The van der Waals surface area contributed by atoms with E-state index in [2.05, 4.69) is 22.2 Å². The van der Waals surface area contributed by atoms with Gasteiger partial charge in [-0.3, -0.25) is 14.5 Å². The SMILES string of the molecule is Cn1ncc(-c2ccc3c(c2)C(CN)=NCC3=O)c1-c1ccc(OC2CCC2)cc1. The molecule has 0 saturated heterocycles. The number of ketones is 1. The lowest BCUT2D eigenvalue weighted by Gasteiger charge is -2.26. The quantitative estimate of drug-likeness (QED) is 0.709. The molecule has 0 unspecified atom stereocenters. The topological polar surface area (TPSA) is 82.5 Å². The van der Waals surface area contributed by atoms with Crippen LogP contribution in [0, 0.1) is 0 Å². The zero-order chi connectivity index (χ0) is 20.7. The van der Waals surface area contributed by atoms with Crippen LogP contribution in [0.4, 0.5) is 0 Å². The third-order valence-electron chi connectivity index (χ3n) is 5.97. The molecule has 0 radical (unpaired) electrons. The first-order valence-electron chi connectivity index (χ1n) is 10.3. The highest BCUT2D eigenvalue weighted by Gasteiger charge is 2.22. The molecule has 6 heteroatoms. The van der Waals surface area contributed by atoms with E-state index in [0.29, 0.717) is 18.2 Å². The van der Waals surface area contributed by atoms with Crippen molar-refractivity contribution in [1.82, 2.24) is 9.78 Å².